The summed E-state index contributed by atoms with van der Waals surface area (Å²) < 4.78 is 7.30. The first kappa shape index (κ1) is 15.6. The van der Waals surface area contributed by atoms with Gasteiger partial charge in [-0.2, -0.15) is 10.1 Å². The van der Waals surface area contributed by atoms with Crippen LogP contribution in [0.15, 0.2) is 36.4 Å². The second-order valence-electron chi connectivity index (χ2n) is 5.28. The molecule has 0 aliphatic rings. The minimum Gasteiger partial charge on any atom is -0.432 e. The first-order valence-electron chi connectivity index (χ1n) is 7.24. The van der Waals surface area contributed by atoms with Crippen LogP contribution >= 0.6 is 0 Å². The Balaban J connectivity index is 2.01. The summed E-state index contributed by atoms with van der Waals surface area (Å²) in [6, 6.07) is 9.68. The van der Waals surface area contributed by atoms with Gasteiger partial charge in [-0.05, 0) is 32.9 Å². The van der Waals surface area contributed by atoms with Gasteiger partial charge < -0.3 is 4.74 Å². The third-order valence-corrected chi connectivity index (χ3v) is 3.30. The summed E-state index contributed by atoms with van der Waals surface area (Å²) >= 11 is 0. The quantitative estimate of drug-likeness (QED) is 0.539. The van der Waals surface area contributed by atoms with Gasteiger partial charge in [-0.15, -0.1) is 0 Å². The molecule has 0 radical (unpaired) electrons. The molecule has 24 heavy (non-hydrogen) atoms. The molecular formula is C16H15N5O3. The van der Waals surface area contributed by atoms with Crippen LogP contribution in [0.2, 0.25) is 0 Å². The minimum absolute atomic E-state index is 0.124. The molecule has 3 aromatic rings. The predicted octanol–water partition coefficient (Wildman–Crippen LogP) is 3.29. The lowest BCUT2D eigenvalue weighted by Gasteiger charge is -2.09. The van der Waals surface area contributed by atoms with Crippen molar-refractivity contribution in [3.05, 3.63) is 63.7 Å². The first-order valence-corrected chi connectivity index (χ1v) is 7.24. The van der Waals surface area contributed by atoms with Crippen molar-refractivity contribution in [1.82, 2.24) is 19.7 Å². The van der Waals surface area contributed by atoms with Gasteiger partial charge in [-0.3, -0.25) is 10.1 Å². The topological polar surface area (TPSA) is 96.0 Å². The molecule has 8 nitrogen and oxygen atoms in total. The van der Waals surface area contributed by atoms with E-state index in [1.54, 1.807) is 29.8 Å². The average molecular weight is 325 g/mol. The predicted molar refractivity (Wildman–Crippen MR) is 86.5 cm³/mol. The summed E-state index contributed by atoms with van der Waals surface area (Å²) in [5.74, 6) is 1.37. The Morgan fingerprint density at radius 2 is 1.88 bits per heavy atom. The van der Waals surface area contributed by atoms with Crippen LogP contribution in [0.25, 0.3) is 5.82 Å². The Morgan fingerprint density at radius 1 is 1.12 bits per heavy atom. The molecule has 0 saturated carbocycles. The van der Waals surface area contributed by atoms with Crippen molar-refractivity contribution in [3.63, 3.8) is 0 Å². The van der Waals surface area contributed by atoms with Crippen molar-refractivity contribution < 1.29 is 9.66 Å². The monoisotopic (exact) mass is 325 g/mol. The van der Waals surface area contributed by atoms with Crippen LogP contribution in [0.3, 0.4) is 0 Å². The van der Waals surface area contributed by atoms with Crippen LogP contribution in [0.5, 0.6) is 11.6 Å². The molecule has 0 amide bonds. The maximum atomic E-state index is 11.1. The van der Waals surface area contributed by atoms with E-state index in [0.29, 0.717) is 11.6 Å². The first-order chi connectivity index (χ1) is 11.4. The summed E-state index contributed by atoms with van der Waals surface area (Å²) in [6.45, 7) is 5.53. The van der Waals surface area contributed by atoms with Crippen molar-refractivity contribution in [1.29, 1.82) is 0 Å². The van der Waals surface area contributed by atoms with Crippen LogP contribution < -0.4 is 4.74 Å². The number of para-hydroxylation sites is 2. The molecule has 8 heteroatoms. The average Bonchev–Trinajstić information content (AvgIpc) is 2.85. The van der Waals surface area contributed by atoms with Gasteiger partial charge in [0.15, 0.2) is 5.82 Å². The highest BCUT2D eigenvalue weighted by Gasteiger charge is 2.16. The third-order valence-electron chi connectivity index (χ3n) is 3.30. The second kappa shape index (κ2) is 6.07. The van der Waals surface area contributed by atoms with E-state index < -0.39 is 4.92 Å². The van der Waals surface area contributed by atoms with Crippen LogP contribution in [0.1, 0.15) is 17.2 Å². The normalized spacial score (nSPS) is 10.6. The Hall–Kier alpha value is -3.29. The second-order valence-corrected chi connectivity index (χ2v) is 5.28. The lowest BCUT2D eigenvalue weighted by atomic mass is 10.3. The zero-order chi connectivity index (χ0) is 17.3. The number of nitrogens with zero attached hydrogens (tertiary/aromatic N) is 5. The van der Waals surface area contributed by atoms with Crippen molar-refractivity contribution in [2.45, 2.75) is 20.8 Å². The Morgan fingerprint density at radius 3 is 2.54 bits per heavy atom. The Bertz CT molecular complexity index is 920. The van der Waals surface area contributed by atoms with Crippen LogP contribution in [0.4, 0.5) is 5.69 Å². The molecule has 122 valence electrons. The van der Waals surface area contributed by atoms with Gasteiger partial charge in [0.25, 0.3) is 0 Å². The zero-order valence-corrected chi connectivity index (χ0v) is 13.4. The number of hydrogen-bond acceptors (Lipinski definition) is 6. The third kappa shape index (κ3) is 3.07. The van der Waals surface area contributed by atoms with Gasteiger partial charge in [0.2, 0.25) is 11.6 Å². The fourth-order valence-corrected chi connectivity index (χ4v) is 2.35. The molecule has 3 rings (SSSR count). The molecule has 0 N–H and O–H groups in total. The molecule has 0 aliphatic heterocycles. The minimum atomic E-state index is -0.495. The number of hydrogen-bond donors (Lipinski definition) is 0. The lowest BCUT2D eigenvalue weighted by Crippen LogP contribution is -2.05. The molecule has 0 spiro atoms. The fourth-order valence-electron chi connectivity index (χ4n) is 2.35. The van der Waals surface area contributed by atoms with Crippen molar-refractivity contribution in [3.8, 4) is 17.4 Å². The van der Waals surface area contributed by atoms with Crippen LogP contribution in [-0.4, -0.2) is 24.7 Å². The maximum absolute atomic E-state index is 11.1. The van der Waals surface area contributed by atoms with Crippen LogP contribution in [0, 0.1) is 30.9 Å². The van der Waals surface area contributed by atoms with Gasteiger partial charge in [-0.25, -0.2) is 9.67 Å². The van der Waals surface area contributed by atoms with Gasteiger partial charge in [0.1, 0.15) is 5.82 Å². The molecule has 0 bridgehead atoms. The maximum Gasteiger partial charge on any atom is 0.311 e. The standard InChI is InChI=1S/C16H15N5O3/c1-10-8-11(2)20(19-10)15-9-16(18-12(3)17-15)24-14-7-5-4-6-13(14)21(22)23/h4-9H,1-3H3. The van der Waals surface area contributed by atoms with Crippen molar-refractivity contribution >= 4 is 5.69 Å². The Kier molecular flexibility index (Phi) is 3.95. The van der Waals surface area contributed by atoms with Gasteiger partial charge >= 0.3 is 5.69 Å². The zero-order valence-electron chi connectivity index (χ0n) is 13.4. The number of aryl methyl sites for hydroxylation is 3. The summed E-state index contributed by atoms with van der Waals surface area (Å²) in [4.78, 5) is 19.1. The lowest BCUT2D eigenvalue weighted by molar-refractivity contribution is -0.385. The van der Waals surface area contributed by atoms with E-state index in [4.69, 9.17) is 4.74 Å². The van der Waals surface area contributed by atoms with Crippen molar-refractivity contribution in [2.75, 3.05) is 0 Å². The van der Waals surface area contributed by atoms with Crippen LogP contribution in [-0.2, 0) is 0 Å². The summed E-state index contributed by atoms with van der Waals surface area (Å²) in [7, 11) is 0. The number of nitro benzene ring substituents is 1. The van der Waals surface area contributed by atoms with E-state index in [2.05, 4.69) is 15.1 Å². The van der Waals surface area contributed by atoms with Crippen molar-refractivity contribution in [2.24, 2.45) is 0 Å². The number of nitro groups is 1. The molecule has 2 aromatic heterocycles. The van der Waals surface area contributed by atoms with E-state index in [1.807, 2.05) is 19.9 Å². The van der Waals surface area contributed by atoms with E-state index >= 15 is 0 Å². The van der Waals surface area contributed by atoms with E-state index in [1.165, 1.54) is 12.1 Å². The molecule has 0 saturated heterocycles. The molecular weight excluding hydrogens is 310 g/mol. The number of ether oxygens (including phenoxy) is 1. The highest BCUT2D eigenvalue weighted by molar-refractivity contribution is 5.47. The SMILES string of the molecule is Cc1cc(C)n(-c2cc(Oc3ccccc3[N+](=O)[O-])nc(C)n2)n1. The highest BCUT2D eigenvalue weighted by Crippen LogP contribution is 2.30. The van der Waals surface area contributed by atoms with Gasteiger partial charge in [-0.1, -0.05) is 12.1 Å². The fraction of sp³-hybridized carbons (Fsp3) is 0.188. The molecule has 2 heterocycles. The number of aromatic nitrogens is 4. The molecule has 0 aliphatic carbocycles. The highest BCUT2D eigenvalue weighted by atomic mass is 16.6. The number of rotatable bonds is 4. The number of benzene rings is 1. The summed E-state index contributed by atoms with van der Waals surface area (Å²) in [5, 5.41) is 15.5. The largest absolute Gasteiger partial charge is 0.432 e. The molecule has 0 atom stereocenters. The molecule has 0 fully saturated rings. The van der Waals surface area contributed by atoms with Gasteiger partial charge in [0.05, 0.1) is 10.6 Å². The Labute approximate surface area is 137 Å². The summed E-state index contributed by atoms with van der Waals surface area (Å²) in [5.41, 5.74) is 1.66. The molecule has 0 unspecified atom stereocenters. The van der Waals surface area contributed by atoms with E-state index in [0.717, 1.165) is 11.4 Å². The van der Waals surface area contributed by atoms with E-state index in [-0.39, 0.29) is 17.3 Å². The van der Waals surface area contributed by atoms with Gasteiger partial charge in [0, 0.05) is 17.8 Å². The molecule has 1 aromatic carbocycles. The summed E-state index contributed by atoms with van der Waals surface area (Å²) in [6.07, 6.45) is 0. The smallest absolute Gasteiger partial charge is 0.311 e. The van der Waals surface area contributed by atoms with E-state index in [9.17, 15) is 10.1 Å².